The molecule has 0 saturated carbocycles. The van der Waals surface area contributed by atoms with E-state index in [2.05, 4.69) is 0 Å². The molecule has 5 heteroatoms. The molecule has 0 spiro atoms. The Labute approximate surface area is 113 Å². The molecular formula is C14H18NO3P. The molecule has 0 fully saturated rings. The minimum absolute atomic E-state index is 0.345. The Hall–Kier alpha value is -1.35. The van der Waals surface area contributed by atoms with Crippen molar-refractivity contribution in [2.75, 3.05) is 13.2 Å². The fraction of sp³-hybridized carbons (Fsp3) is 0.286. The van der Waals surface area contributed by atoms with E-state index in [1.54, 1.807) is 6.07 Å². The van der Waals surface area contributed by atoms with E-state index in [0.29, 0.717) is 18.5 Å². The van der Waals surface area contributed by atoms with Crippen LogP contribution in [0, 0.1) is 0 Å². The fourth-order valence-electron chi connectivity index (χ4n) is 1.93. The lowest BCUT2D eigenvalue weighted by Gasteiger charge is -2.20. The lowest BCUT2D eigenvalue weighted by molar-refractivity contribution is 0.230. The molecule has 2 rings (SSSR count). The standard InChI is InChI=1S/C14H18NO3P/c1-3-17-19(16,18-4-2)14-10-6-5-9-13(14)15-11-7-8-12-15/h5-12H,3-4H2,1-2H3. The first-order valence-electron chi connectivity index (χ1n) is 6.33. The number of rotatable bonds is 6. The Balaban J connectivity index is 2.52. The molecule has 0 aliphatic rings. The molecule has 19 heavy (non-hydrogen) atoms. The fourth-order valence-corrected chi connectivity index (χ4v) is 3.70. The molecule has 0 N–H and O–H groups in total. The Morgan fingerprint density at radius 3 is 2.16 bits per heavy atom. The SMILES string of the molecule is CCOP(=O)(OCC)c1ccccc1-n1cccc1. The van der Waals surface area contributed by atoms with Crippen LogP contribution in [-0.4, -0.2) is 17.8 Å². The Morgan fingerprint density at radius 1 is 1.00 bits per heavy atom. The van der Waals surface area contributed by atoms with Crippen LogP contribution < -0.4 is 5.30 Å². The van der Waals surface area contributed by atoms with E-state index in [4.69, 9.17) is 9.05 Å². The van der Waals surface area contributed by atoms with E-state index >= 15 is 0 Å². The van der Waals surface area contributed by atoms with Crippen LogP contribution >= 0.6 is 7.60 Å². The summed E-state index contributed by atoms with van der Waals surface area (Å²) in [6, 6.07) is 11.3. The van der Waals surface area contributed by atoms with Crippen LogP contribution in [0.2, 0.25) is 0 Å². The molecule has 102 valence electrons. The van der Waals surface area contributed by atoms with Gasteiger partial charge in [-0.25, -0.2) is 0 Å². The average Bonchev–Trinajstić information content (AvgIpc) is 2.93. The summed E-state index contributed by atoms with van der Waals surface area (Å²) in [5, 5.41) is 0.593. The molecule has 0 amide bonds. The average molecular weight is 279 g/mol. The summed E-state index contributed by atoms with van der Waals surface area (Å²) in [6.07, 6.45) is 3.81. The van der Waals surface area contributed by atoms with E-state index in [0.717, 1.165) is 5.69 Å². The van der Waals surface area contributed by atoms with Crippen molar-refractivity contribution in [1.29, 1.82) is 0 Å². The van der Waals surface area contributed by atoms with Crippen molar-refractivity contribution in [1.82, 2.24) is 4.57 Å². The van der Waals surface area contributed by atoms with E-state index in [9.17, 15) is 4.57 Å². The predicted octanol–water partition coefficient (Wildman–Crippen LogP) is 3.37. The summed E-state index contributed by atoms with van der Waals surface area (Å²) in [5.41, 5.74) is 0.817. The van der Waals surface area contributed by atoms with Crippen LogP contribution in [0.1, 0.15) is 13.8 Å². The molecule has 1 aromatic carbocycles. The van der Waals surface area contributed by atoms with Gasteiger partial charge >= 0.3 is 7.60 Å². The van der Waals surface area contributed by atoms with E-state index < -0.39 is 7.60 Å². The smallest absolute Gasteiger partial charge is 0.323 e. The molecule has 0 atom stereocenters. The molecular weight excluding hydrogens is 261 g/mol. The van der Waals surface area contributed by atoms with E-state index in [1.807, 2.05) is 61.1 Å². The van der Waals surface area contributed by atoms with Gasteiger partial charge in [0.25, 0.3) is 0 Å². The molecule has 0 radical (unpaired) electrons. The van der Waals surface area contributed by atoms with Crippen molar-refractivity contribution < 1.29 is 13.6 Å². The number of aromatic nitrogens is 1. The van der Waals surface area contributed by atoms with Crippen LogP contribution in [0.15, 0.2) is 48.8 Å². The van der Waals surface area contributed by atoms with Gasteiger partial charge in [-0.3, -0.25) is 4.57 Å². The highest BCUT2D eigenvalue weighted by molar-refractivity contribution is 7.62. The molecule has 4 nitrogen and oxygen atoms in total. The van der Waals surface area contributed by atoms with Gasteiger partial charge in [0.1, 0.15) is 0 Å². The lowest BCUT2D eigenvalue weighted by atomic mass is 10.3. The predicted molar refractivity (Wildman–Crippen MR) is 76.3 cm³/mol. The Kier molecular flexibility index (Phi) is 4.59. The monoisotopic (exact) mass is 279 g/mol. The minimum atomic E-state index is -3.27. The molecule has 0 bridgehead atoms. The summed E-state index contributed by atoms with van der Waals surface area (Å²) < 4.78 is 25.6. The van der Waals surface area contributed by atoms with Gasteiger partial charge in [0.15, 0.2) is 0 Å². The highest BCUT2D eigenvalue weighted by atomic mass is 31.2. The third-order valence-corrected chi connectivity index (χ3v) is 4.82. The van der Waals surface area contributed by atoms with Crippen LogP contribution in [0.4, 0.5) is 0 Å². The maximum Gasteiger partial charge on any atom is 0.363 e. The van der Waals surface area contributed by atoms with Crippen LogP contribution in [0.3, 0.4) is 0 Å². The lowest BCUT2D eigenvalue weighted by Crippen LogP contribution is -2.16. The first-order valence-corrected chi connectivity index (χ1v) is 7.87. The highest BCUT2D eigenvalue weighted by Gasteiger charge is 2.29. The topological polar surface area (TPSA) is 40.5 Å². The van der Waals surface area contributed by atoms with Crippen molar-refractivity contribution >= 4 is 12.9 Å². The van der Waals surface area contributed by atoms with E-state index in [1.165, 1.54) is 0 Å². The third-order valence-electron chi connectivity index (χ3n) is 2.66. The van der Waals surface area contributed by atoms with Crippen molar-refractivity contribution in [3.8, 4) is 5.69 Å². The first-order chi connectivity index (χ1) is 9.21. The van der Waals surface area contributed by atoms with Gasteiger partial charge in [-0.2, -0.15) is 0 Å². The molecule has 1 aromatic heterocycles. The van der Waals surface area contributed by atoms with Gasteiger partial charge in [0, 0.05) is 12.4 Å². The Morgan fingerprint density at radius 2 is 1.58 bits per heavy atom. The summed E-state index contributed by atoms with van der Waals surface area (Å²) in [7, 11) is -3.27. The second-order valence-electron chi connectivity index (χ2n) is 3.91. The second kappa shape index (κ2) is 6.20. The van der Waals surface area contributed by atoms with Crippen molar-refractivity contribution in [3.63, 3.8) is 0 Å². The summed E-state index contributed by atoms with van der Waals surface area (Å²) in [6.45, 7) is 4.31. The van der Waals surface area contributed by atoms with Crippen molar-refractivity contribution in [3.05, 3.63) is 48.8 Å². The number of hydrogen-bond donors (Lipinski definition) is 0. The number of para-hydroxylation sites is 1. The minimum Gasteiger partial charge on any atom is -0.323 e. The van der Waals surface area contributed by atoms with Gasteiger partial charge in [0.2, 0.25) is 0 Å². The number of nitrogens with zero attached hydrogens (tertiary/aromatic N) is 1. The highest BCUT2D eigenvalue weighted by Crippen LogP contribution is 2.48. The molecule has 0 aliphatic heterocycles. The molecule has 0 aliphatic carbocycles. The van der Waals surface area contributed by atoms with Crippen LogP contribution in [-0.2, 0) is 13.6 Å². The summed E-state index contributed by atoms with van der Waals surface area (Å²) in [5.74, 6) is 0. The van der Waals surface area contributed by atoms with Gasteiger partial charge in [-0.15, -0.1) is 0 Å². The zero-order chi connectivity index (χ0) is 13.7. The number of hydrogen-bond acceptors (Lipinski definition) is 3. The van der Waals surface area contributed by atoms with E-state index in [-0.39, 0.29) is 0 Å². The quantitative estimate of drug-likeness (QED) is 0.761. The maximum atomic E-state index is 12.9. The van der Waals surface area contributed by atoms with Crippen molar-refractivity contribution in [2.24, 2.45) is 0 Å². The molecule has 0 saturated heterocycles. The van der Waals surface area contributed by atoms with Gasteiger partial charge in [-0.1, -0.05) is 12.1 Å². The number of benzene rings is 1. The first kappa shape index (κ1) is 14.1. The largest absolute Gasteiger partial charge is 0.363 e. The van der Waals surface area contributed by atoms with Gasteiger partial charge in [0.05, 0.1) is 24.2 Å². The zero-order valence-electron chi connectivity index (χ0n) is 11.2. The summed E-state index contributed by atoms with van der Waals surface area (Å²) in [4.78, 5) is 0. The van der Waals surface area contributed by atoms with Gasteiger partial charge in [-0.05, 0) is 38.1 Å². The molecule has 0 unspecified atom stereocenters. The van der Waals surface area contributed by atoms with Crippen LogP contribution in [0.25, 0.3) is 5.69 Å². The molecule has 1 heterocycles. The van der Waals surface area contributed by atoms with Gasteiger partial charge < -0.3 is 13.6 Å². The maximum absolute atomic E-state index is 12.9. The second-order valence-corrected chi connectivity index (χ2v) is 5.91. The Bertz CT molecular complexity index is 556. The molecule has 2 aromatic rings. The third kappa shape index (κ3) is 2.98. The van der Waals surface area contributed by atoms with Crippen LogP contribution in [0.5, 0.6) is 0 Å². The zero-order valence-corrected chi connectivity index (χ0v) is 12.0. The normalized spacial score (nSPS) is 11.7. The summed E-state index contributed by atoms with van der Waals surface area (Å²) >= 11 is 0. The van der Waals surface area contributed by atoms with Crippen molar-refractivity contribution in [2.45, 2.75) is 13.8 Å².